The Labute approximate surface area is 107 Å². The van der Waals surface area contributed by atoms with Crippen LogP contribution in [0.3, 0.4) is 0 Å². The van der Waals surface area contributed by atoms with Crippen LogP contribution in [0.4, 0.5) is 0 Å². The highest BCUT2D eigenvalue weighted by Gasteiger charge is 2.15. The molecule has 1 aromatic rings. The van der Waals surface area contributed by atoms with Gasteiger partial charge in [-0.2, -0.15) is 0 Å². The van der Waals surface area contributed by atoms with E-state index >= 15 is 0 Å². The summed E-state index contributed by atoms with van der Waals surface area (Å²) < 4.78 is 0. The number of aromatic nitrogens is 1. The van der Waals surface area contributed by atoms with Crippen molar-refractivity contribution in [1.82, 2.24) is 4.98 Å². The van der Waals surface area contributed by atoms with E-state index in [1.807, 2.05) is 0 Å². The van der Waals surface area contributed by atoms with Crippen molar-refractivity contribution in [3.8, 4) is 0 Å². The Balaban J connectivity index is 3.11. The van der Waals surface area contributed by atoms with Crippen LogP contribution in [0.15, 0.2) is 4.90 Å². The van der Waals surface area contributed by atoms with Gasteiger partial charge in [-0.05, 0) is 12.2 Å². The van der Waals surface area contributed by atoms with E-state index < -0.39 is 0 Å². The summed E-state index contributed by atoms with van der Waals surface area (Å²) in [6, 6.07) is 0. The second-order valence-electron chi connectivity index (χ2n) is 2.50. The van der Waals surface area contributed by atoms with Gasteiger partial charge in [0, 0.05) is 0 Å². The third kappa shape index (κ3) is 2.83. The Morgan fingerprint density at radius 3 is 2.00 bits per heavy atom. The Bertz CT molecular complexity index is 316. The summed E-state index contributed by atoms with van der Waals surface area (Å²) in [4.78, 5) is 4.50. The summed E-state index contributed by atoms with van der Waals surface area (Å²) in [5.74, 6) is 0.913. The van der Waals surface area contributed by atoms with Gasteiger partial charge in [0.25, 0.3) is 0 Å². The van der Waals surface area contributed by atoms with Crippen LogP contribution in [0.1, 0.15) is 13.3 Å². The van der Waals surface area contributed by atoms with E-state index in [4.69, 9.17) is 46.4 Å². The lowest BCUT2D eigenvalue weighted by Crippen LogP contribution is -1.87. The second-order valence-corrected chi connectivity index (χ2v) is 5.08. The lowest BCUT2D eigenvalue weighted by molar-refractivity contribution is 1.10. The van der Waals surface area contributed by atoms with E-state index in [2.05, 4.69) is 11.9 Å². The lowest BCUT2D eigenvalue weighted by atomic mass is 10.5. The molecule has 6 heteroatoms. The molecule has 0 radical (unpaired) electrons. The van der Waals surface area contributed by atoms with Gasteiger partial charge in [-0.25, -0.2) is 4.98 Å². The van der Waals surface area contributed by atoms with Crippen LogP contribution in [0.5, 0.6) is 0 Å². The lowest BCUT2D eigenvalue weighted by Gasteiger charge is -2.07. The molecule has 0 bridgehead atoms. The summed E-state index contributed by atoms with van der Waals surface area (Å²) in [6.07, 6.45) is 1.02. The van der Waals surface area contributed by atoms with Gasteiger partial charge in [-0.3, -0.25) is 0 Å². The fraction of sp³-hybridized carbons (Fsp3) is 0.375. The van der Waals surface area contributed by atoms with Crippen molar-refractivity contribution in [3.05, 3.63) is 20.4 Å². The van der Waals surface area contributed by atoms with Crippen LogP contribution < -0.4 is 0 Å². The first-order valence-corrected chi connectivity index (χ1v) is 6.40. The smallest absolute Gasteiger partial charge is 0.150 e. The van der Waals surface area contributed by atoms with Crippen molar-refractivity contribution in [2.75, 3.05) is 5.75 Å². The van der Waals surface area contributed by atoms with Crippen LogP contribution in [0, 0.1) is 0 Å². The van der Waals surface area contributed by atoms with Crippen LogP contribution in [0.2, 0.25) is 20.4 Å². The van der Waals surface area contributed by atoms with Crippen LogP contribution >= 0.6 is 58.2 Å². The average molecular weight is 291 g/mol. The maximum absolute atomic E-state index is 5.95. The maximum atomic E-state index is 5.95. The number of thioether (sulfide) groups is 1. The highest BCUT2D eigenvalue weighted by atomic mass is 35.5. The molecule has 0 aliphatic heterocycles. The molecule has 0 aromatic carbocycles. The number of nitrogens with zero attached hydrogens (tertiary/aromatic N) is 1. The second kappa shape index (κ2) is 5.66. The Hall–Kier alpha value is 0.660. The first-order chi connectivity index (χ1) is 6.57. The highest BCUT2D eigenvalue weighted by Crippen LogP contribution is 2.40. The molecular weight excluding hydrogens is 284 g/mol. The third-order valence-corrected chi connectivity index (χ3v) is 4.42. The predicted octanol–water partition coefficient (Wildman–Crippen LogP) is 5.20. The van der Waals surface area contributed by atoms with Crippen LogP contribution in [0.25, 0.3) is 0 Å². The average Bonchev–Trinajstić information content (AvgIpc) is 2.15. The summed E-state index contributed by atoms with van der Waals surface area (Å²) >= 11 is 25.0. The topological polar surface area (TPSA) is 12.9 Å². The minimum Gasteiger partial charge on any atom is -0.221 e. The number of halogens is 4. The van der Waals surface area contributed by atoms with E-state index in [9.17, 15) is 0 Å². The highest BCUT2D eigenvalue weighted by molar-refractivity contribution is 7.99. The number of pyridine rings is 1. The van der Waals surface area contributed by atoms with Crippen molar-refractivity contribution >= 4 is 58.2 Å². The van der Waals surface area contributed by atoms with Gasteiger partial charge in [0.1, 0.15) is 0 Å². The normalized spacial score (nSPS) is 10.6. The molecular formula is C8H7Cl4NS. The minimum absolute atomic E-state index is 0.194. The fourth-order valence-electron chi connectivity index (χ4n) is 0.799. The molecule has 0 fully saturated rings. The van der Waals surface area contributed by atoms with E-state index in [0.29, 0.717) is 14.9 Å². The summed E-state index contributed by atoms with van der Waals surface area (Å²) in [5, 5.41) is 1.14. The Kier molecular flexibility index (Phi) is 5.15. The predicted molar refractivity (Wildman–Crippen MR) is 65.3 cm³/mol. The monoisotopic (exact) mass is 289 g/mol. The van der Waals surface area contributed by atoms with E-state index in [1.54, 1.807) is 0 Å². The Morgan fingerprint density at radius 2 is 1.57 bits per heavy atom. The zero-order valence-electron chi connectivity index (χ0n) is 7.28. The molecule has 1 rings (SSSR count). The summed E-state index contributed by atoms with van der Waals surface area (Å²) in [6.45, 7) is 2.07. The molecule has 0 N–H and O–H groups in total. The van der Waals surface area contributed by atoms with Crippen molar-refractivity contribution in [2.24, 2.45) is 0 Å². The quantitative estimate of drug-likeness (QED) is 0.561. The molecule has 0 saturated heterocycles. The molecule has 0 saturated carbocycles. The molecule has 1 heterocycles. The molecule has 0 amide bonds. The van der Waals surface area contributed by atoms with Crippen LogP contribution in [-0.4, -0.2) is 10.7 Å². The summed E-state index contributed by atoms with van der Waals surface area (Å²) in [7, 11) is 0. The van der Waals surface area contributed by atoms with Crippen molar-refractivity contribution < 1.29 is 0 Å². The molecule has 14 heavy (non-hydrogen) atoms. The van der Waals surface area contributed by atoms with Gasteiger partial charge >= 0.3 is 0 Å². The first-order valence-electron chi connectivity index (χ1n) is 3.90. The van der Waals surface area contributed by atoms with E-state index in [1.165, 1.54) is 11.8 Å². The van der Waals surface area contributed by atoms with Crippen molar-refractivity contribution in [1.29, 1.82) is 0 Å². The fourth-order valence-corrected chi connectivity index (χ4v) is 2.82. The third-order valence-electron chi connectivity index (χ3n) is 1.41. The largest absolute Gasteiger partial charge is 0.221 e. The van der Waals surface area contributed by atoms with Gasteiger partial charge in [0.05, 0.1) is 14.9 Å². The number of hydrogen-bond acceptors (Lipinski definition) is 2. The van der Waals surface area contributed by atoms with Gasteiger partial charge < -0.3 is 0 Å². The van der Waals surface area contributed by atoms with E-state index in [-0.39, 0.29) is 10.3 Å². The van der Waals surface area contributed by atoms with Gasteiger partial charge in [0.15, 0.2) is 10.3 Å². The first kappa shape index (κ1) is 12.7. The number of hydrogen-bond donors (Lipinski definition) is 0. The summed E-state index contributed by atoms with van der Waals surface area (Å²) in [5.41, 5.74) is 0. The molecule has 0 spiro atoms. The zero-order valence-corrected chi connectivity index (χ0v) is 11.1. The maximum Gasteiger partial charge on any atom is 0.150 e. The minimum atomic E-state index is 0.194. The van der Waals surface area contributed by atoms with E-state index in [0.717, 1.165) is 12.2 Å². The molecule has 0 aliphatic carbocycles. The van der Waals surface area contributed by atoms with Gasteiger partial charge in [-0.15, -0.1) is 11.8 Å². The SMILES string of the molecule is CCCSc1c(Cl)c(Cl)nc(Cl)c1Cl. The molecule has 0 atom stereocenters. The van der Waals surface area contributed by atoms with Gasteiger partial charge in [0.2, 0.25) is 0 Å². The van der Waals surface area contributed by atoms with Crippen molar-refractivity contribution in [3.63, 3.8) is 0 Å². The Morgan fingerprint density at radius 1 is 1.07 bits per heavy atom. The molecule has 1 nitrogen and oxygen atoms in total. The number of rotatable bonds is 3. The molecule has 1 aromatic heterocycles. The molecule has 0 aliphatic rings. The van der Waals surface area contributed by atoms with Crippen LogP contribution in [-0.2, 0) is 0 Å². The standard InChI is InChI=1S/C8H7Cl4NS/c1-2-3-14-6-4(9)7(11)13-8(12)5(6)10/h2-3H2,1H3. The van der Waals surface area contributed by atoms with Gasteiger partial charge in [-0.1, -0.05) is 53.3 Å². The molecule has 0 unspecified atom stereocenters. The van der Waals surface area contributed by atoms with Crippen molar-refractivity contribution in [2.45, 2.75) is 18.2 Å². The molecule has 78 valence electrons. The zero-order chi connectivity index (χ0) is 10.7.